The molecule has 5 nitrogen and oxygen atoms in total. The summed E-state index contributed by atoms with van der Waals surface area (Å²) in [6, 6.07) is 15.3. The highest BCUT2D eigenvalue weighted by Gasteiger charge is 2.32. The van der Waals surface area contributed by atoms with E-state index in [9.17, 15) is 9.59 Å². The lowest BCUT2D eigenvalue weighted by molar-refractivity contribution is -0.129. The topological polar surface area (TPSA) is 55.8 Å². The summed E-state index contributed by atoms with van der Waals surface area (Å²) in [5.41, 5.74) is 3.07. The minimum atomic E-state index is -0.520. The molecule has 0 spiro atoms. The van der Waals surface area contributed by atoms with Gasteiger partial charge in [0.15, 0.2) is 11.9 Å². The monoisotopic (exact) mass is 353 g/mol. The molecule has 1 atom stereocenters. The number of nitrogens with zero attached hydrogens (tertiary/aromatic N) is 1. The second kappa shape index (κ2) is 8.04. The first-order valence-electron chi connectivity index (χ1n) is 8.76. The van der Waals surface area contributed by atoms with E-state index in [2.05, 4.69) is 0 Å². The maximum atomic E-state index is 12.4. The molecule has 1 fully saturated rings. The minimum Gasteiger partial charge on any atom is -0.482 e. The molecule has 2 aromatic carbocycles. The Labute approximate surface area is 153 Å². The summed E-state index contributed by atoms with van der Waals surface area (Å²) in [6.07, 6.45) is -0.520. The molecule has 26 heavy (non-hydrogen) atoms. The average molecular weight is 353 g/mol. The lowest BCUT2D eigenvalue weighted by atomic mass is 10.1. The Morgan fingerprint density at radius 1 is 1.12 bits per heavy atom. The van der Waals surface area contributed by atoms with Gasteiger partial charge < -0.3 is 14.4 Å². The van der Waals surface area contributed by atoms with Crippen LogP contribution < -0.4 is 4.74 Å². The van der Waals surface area contributed by atoms with Crippen molar-refractivity contribution in [2.75, 3.05) is 13.1 Å². The number of rotatable bonds is 4. The third-order valence-electron chi connectivity index (χ3n) is 4.65. The SMILES string of the molecule is Cc1cccc(OC2CCN(C(=O)OCc3ccccc3)CC2=O)c1C. The standard InChI is InChI=1S/C21H23NO4/c1-15-7-6-10-19(16(15)2)26-20-11-12-22(13-18(20)23)21(24)25-14-17-8-4-3-5-9-17/h3-10,20H,11-14H2,1-2H3. The zero-order chi connectivity index (χ0) is 18.5. The van der Waals surface area contributed by atoms with Crippen molar-refractivity contribution >= 4 is 11.9 Å². The minimum absolute atomic E-state index is 0.0170. The molecule has 1 heterocycles. The lowest BCUT2D eigenvalue weighted by Crippen LogP contribution is -2.48. The van der Waals surface area contributed by atoms with E-state index < -0.39 is 12.2 Å². The zero-order valence-corrected chi connectivity index (χ0v) is 15.1. The lowest BCUT2D eigenvalue weighted by Gasteiger charge is -2.30. The summed E-state index contributed by atoms with van der Waals surface area (Å²) in [6.45, 7) is 4.64. The number of hydrogen-bond acceptors (Lipinski definition) is 4. The molecule has 0 N–H and O–H groups in total. The summed E-state index contributed by atoms with van der Waals surface area (Å²) in [4.78, 5) is 26.0. The number of aryl methyl sites for hydroxylation is 1. The molecular weight excluding hydrogens is 330 g/mol. The molecule has 1 aliphatic heterocycles. The maximum absolute atomic E-state index is 12.4. The quantitative estimate of drug-likeness (QED) is 0.842. The normalized spacial score (nSPS) is 17.1. The molecule has 0 saturated carbocycles. The smallest absolute Gasteiger partial charge is 0.410 e. The van der Waals surface area contributed by atoms with Crippen LogP contribution in [0.15, 0.2) is 48.5 Å². The number of carbonyl (C=O) groups excluding carboxylic acids is 2. The van der Waals surface area contributed by atoms with Crippen molar-refractivity contribution in [3.8, 4) is 5.75 Å². The van der Waals surface area contributed by atoms with Gasteiger partial charge in [0.2, 0.25) is 0 Å². The van der Waals surface area contributed by atoms with E-state index in [-0.39, 0.29) is 18.9 Å². The van der Waals surface area contributed by atoms with Gasteiger partial charge in [-0.2, -0.15) is 0 Å². The van der Waals surface area contributed by atoms with Gasteiger partial charge in [0.1, 0.15) is 12.4 Å². The van der Waals surface area contributed by atoms with Crippen LogP contribution in [0.1, 0.15) is 23.1 Å². The van der Waals surface area contributed by atoms with Gasteiger partial charge in [-0.3, -0.25) is 4.79 Å². The van der Waals surface area contributed by atoms with Crippen LogP contribution in [0.25, 0.3) is 0 Å². The van der Waals surface area contributed by atoms with Gasteiger partial charge in [-0.25, -0.2) is 4.79 Å². The predicted molar refractivity (Wildman–Crippen MR) is 98.2 cm³/mol. The molecule has 2 aromatic rings. The molecule has 3 rings (SSSR count). The second-order valence-corrected chi connectivity index (χ2v) is 6.52. The Hall–Kier alpha value is -2.82. The zero-order valence-electron chi connectivity index (χ0n) is 15.1. The van der Waals surface area contributed by atoms with Crippen molar-refractivity contribution in [3.63, 3.8) is 0 Å². The first-order valence-corrected chi connectivity index (χ1v) is 8.76. The molecule has 0 radical (unpaired) electrons. The van der Waals surface area contributed by atoms with Crippen LogP contribution in [-0.4, -0.2) is 36.0 Å². The van der Waals surface area contributed by atoms with E-state index in [1.807, 2.05) is 62.4 Å². The first-order chi connectivity index (χ1) is 12.5. The molecule has 0 aliphatic carbocycles. The molecule has 1 amide bonds. The fourth-order valence-corrected chi connectivity index (χ4v) is 2.90. The van der Waals surface area contributed by atoms with Crippen LogP contribution in [0.5, 0.6) is 5.75 Å². The molecule has 1 unspecified atom stereocenters. The average Bonchev–Trinajstić information content (AvgIpc) is 2.65. The second-order valence-electron chi connectivity index (χ2n) is 6.52. The predicted octanol–water partition coefficient (Wildman–Crippen LogP) is 3.66. The van der Waals surface area contributed by atoms with E-state index in [4.69, 9.17) is 9.47 Å². The van der Waals surface area contributed by atoms with Crippen LogP contribution in [0.2, 0.25) is 0 Å². The molecule has 0 bridgehead atoms. The highest BCUT2D eigenvalue weighted by Crippen LogP contribution is 2.24. The van der Waals surface area contributed by atoms with Crippen molar-refractivity contribution < 1.29 is 19.1 Å². The molecule has 0 aromatic heterocycles. The number of ether oxygens (including phenoxy) is 2. The van der Waals surface area contributed by atoms with Gasteiger partial charge in [-0.1, -0.05) is 42.5 Å². The largest absolute Gasteiger partial charge is 0.482 e. The maximum Gasteiger partial charge on any atom is 0.410 e. The highest BCUT2D eigenvalue weighted by molar-refractivity contribution is 5.89. The van der Waals surface area contributed by atoms with Crippen molar-refractivity contribution in [1.29, 1.82) is 0 Å². The number of amides is 1. The number of piperidine rings is 1. The van der Waals surface area contributed by atoms with Gasteiger partial charge in [-0.05, 0) is 36.6 Å². The van der Waals surface area contributed by atoms with E-state index >= 15 is 0 Å². The summed E-state index contributed by atoms with van der Waals surface area (Å²) in [5, 5.41) is 0. The molecule has 1 saturated heterocycles. The number of likely N-dealkylation sites (tertiary alicyclic amines) is 1. The van der Waals surface area contributed by atoms with E-state index in [0.717, 1.165) is 22.4 Å². The fourth-order valence-electron chi connectivity index (χ4n) is 2.90. The van der Waals surface area contributed by atoms with Gasteiger partial charge in [0.25, 0.3) is 0 Å². The Kier molecular flexibility index (Phi) is 5.56. The number of Topliss-reactive ketones (excluding diaryl/α,β-unsaturated/α-hetero) is 1. The fraction of sp³-hybridized carbons (Fsp3) is 0.333. The van der Waals surface area contributed by atoms with Crippen LogP contribution in [-0.2, 0) is 16.1 Å². The van der Waals surface area contributed by atoms with Crippen molar-refractivity contribution in [1.82, 2.24) is 4.90 Å². The number of benzene rings is 2. The highest BCUT2D eigenvalue weighted by atomic mass is 16.6. The van der Waals surface area contributed by atoms with Crippen molar-refractivity contribution in [2.45, 2.75) is 33.0 Å². The van der Waals surface area contributed by atoms with Gasteiger partial charge >= 0.3 is 6.09 Å². The van der Waals surface area contributed by atoms with E-state index in [0.29, 0.717) is 13.0 Å². The molecule has 1 aliphatic rings. The summed E-state index contributed by atoms with van der Waals surface area (Å²) in [7, 11) is 0. The van der Waals surface area contributed by atoms with Crippen LogP contribution in [0.3, 0.4) is 0 Å². The van der Waals surface area contributed by atoms with Crippen LogP contribution >= 0.6 is 0 Å². The third-order valence-corrected chi connectivity index (χ3v) is 4.65. The summed E-state index contributed by atoms with van der Waals surface area (Å²) < 4.78 is 11.2. The molecule has 136 valence electrons. The van der Waals surface area contributed by atoms with Gasteiger partial charge in [0, 0.05) is 13.0 Å². The Morgan fingerprint density at radius 3 is 2.62 bits per heavy atom. The number of carbonyl (C=O) groups is 2. The first kappa shape index (κ1) is 18.0. The van der Waals surface area contributed by atoms with E-state index in [1.54, 1.807) is 0 Å². The Bertz CT molecular complexity index is 788. The van der Waals surface area contributed by atoms with Crippen molar-refractivity contribution in [2.24, 2.45) is 0 Å². The van der Waals surface area contributed by atoms with Crippen LogP contribution in [0.4, 0.5) is 4.79 Å². The summed E-state index contributed by atoms with van der Waals surface area (Å²) in [5.74, 6) is 0.622. The summed E-state index contributed by atoms with van der Waals surface area (Å²) >= 11 is 0. The van der Waals surface area contributed by atoms with E-state index in [1.165, 1.54) is 4.90 Å². The van der Waals surface area contributed by atoms with Gasteiger partial charge in [-0.15, -0.1) is 0 Å². The number of hydrogen-bond donors (Lipinski definition) is 0. The van der Waals surface area contributed by atoms with Gasteiger partial charge in [0.05, 0.1) is 6.54 Å². The Morgan fingerprint density at radius 2 is 1.88 bits per heavy atom. The molecule has 5 heteroatoms. The Balaban J connectivity index is 1.54. The number of ketones is 1. The van der Waals surface area contributed by atoms with Crippen molar-refractivity contribution in [3.05, 3.63) is 65.2 Å². The molecular formula is C21H23NO4. The van der Waals surface area contributed by atoms with Crippen LogP contribution in [0, 0.1) is 13.8 Å². The third kappa shape index (κ3) is 4.23.